The van der Waals surface area contributed by atoms with Gasteiger partial charge in [0.1, 0.15) is 5.75 Å². The van der Waals surface area contributed by atoms with Crippen molar-refractivity contribution in [2.24, 2.45) is 0 Å². The normalized spacial score (nSPS) is 12.4. The van der Waals surface area contributed by atoms with Crippen LogP contribution >= 0.6 is 8.25 Å². The van der Waals surface area contributed by atoms with Gasteiger partial charge in [0.05, 0.1) is 6.61 Å². The van der Waals surface area contributed by atoms with Crippen LogP contribution in [0.15, 0.2) is 30.3 Å². The Kier molecular flexibility index (Phi) is 5.35. The van der Waals surface area contributed by atoms with Gasteiger partial charge in [-0.1, -0.05) is 31.5 Å². The molecule has 0 amide bonds. The quantitative estimate of drug-likeness (QED) is 0.538. The number of hydrogen-bond acceptors (Lipinski definition) is 3. The largest absolute Gasteiger partial charge is 0.426 e. The summed E-state index contributed by atoms with van der Waals surface area (Å²) < 4.78 is 21.3. The van der Waals surface area contributed by atoms with Gasteiger partial charge in [-0.2, -0.15) is 0 Å². The molecule has 0 aromatic heterocycles. The van der Waals surface area contributed by atoms with Gasteiger partial charge in [0.15, 0.2) is 0 Å². The van der Waals surface area contributed by atoms with E-state index < -0.39 is 8.25 Å². The Bertz CT molecular complexity index is 274. The summed E-state index contributed by atoms with van der Waals surface area (Å²) in [6.07, 6.45) is 1.94. The van der Waals surface area contributed by atoms with E-state index >= 15 is 0 Å². The molecule has 1 unspecified atom stereocenters. The highest BCUT2D eigenvalue weighted by Crippen LogP contribution is 2.27. The first kappa shape index (κ1) is 11.3. The van der Waals surface area contributed by atoms with Crippen molar-refractivity contribution in [2.45, 2.75) is 19.8 Å². The van der Waals surface area contributed by atoms with Gasteiger partial charge in [-0.15, -0.1) is 0 Å². The van der Waals surface area contributed by atoms with Crippen molar-refractivity contribution in [1.82, 2.24) is 0 Å². The molecular weight excluding hydrogens is 199 g/mol. The van der Waals surface area contributed by atoms with Crippen LogP contribution < -0.4 is 4.52 Å². The third kappa shape index (κ3) is 4.45. The summed E-state index contributed by atoms with van der Waals surface area (Å²) in [7, 11) is -2.36. The van der Waals surface area contributed by atoms with Crippen molar-refractivity contribution < 1.29 is 13.6 Å². The van der Waals surface area contributed by atoms with E-state index in [1.807, 2.05) is 18.2 Å². The van der Waals surface area contributed by atoms with E-state index in [9.17, 15) is 4.57 Å². The molecule has 0 saturated carbocycles. The van der Waals surface area contributed by atoms with E-state index in [1.54, 1.807) is 12.1 Å². The highest BCUT2D eigenvalue weighted by atomic mass is 31.1. The maximum absolute atomic E-state index is 11.2. The second-order valence-corrected chi connectivity index (χ2v) is 3.86. The van der Waals surface area contributed by atoms with Gasteiger partial charge in [0, 0.05) is 0 Å². The van der Waals surface area contributed by atoms with Crippen LogP contribution in [0.1, 0.15) is 19.8 Å². The molecule has 0 aliphatic rings. The van der Waals surface area contributed by atoms with Gasteiger partial charge in [0.2, 0.25) is 0 Å². The SMILES string of the molecule is CCCCO[PH](=O)Oc1ccccc1. The van der Waals surface area contributed by atoms with Crippen LogP contribution in [0.2, 0.25) is 0 Å². The van der Waals surface area contributed by atoms with Gasteiger partial charge < -0.3 is 9.05 Å². The zero-order valence-electron chi connectivity index (χ0n) is 8.23. The minimum atomic E-state index is -2.36. The molecule has 1 aromatic carbocycles. The van der Waals surface area contributed by atoms with Crippen LogP contribution in [0.4, 0.5) is 0 Å². The molecule has 0 N–H and O–H groups in total. The Labute approximate surface area is 85.0 Å². The maximum Gasteiger partial charge on any atom is 0.367 e. The summed E-state index contributed by atoms with van der Waals surface area (Å²) in [6.45, 7) is 2.56. The molecular formula is C10H15O3P. The average molecular weight is 214 g/mol. The zero-order valence-corrected chi connectivity index (χ0v) is 9.23. The van der Waals surface area contributed by atoms with Gasteiger partial charge in [0.25, 0.3) is 0 Å². The monoisotopic (exact) mass is 214 g/mol. The van der Waals surface area contributed by atoms with E-state index in [1.165, 1.54) is 0 Å². The summed E-state index contributed by atoms with van der Waals surface area (Å²) in [5, 5.41) is 0. The molecule has 14 heavy (non-hydrogen) atoms. The molecule has 0 aliphatic carbocycles. The average Bonchev–Trinajstić information content (AvgIpc) is 2.20. The predicted molar refractivity (Wildman–Crippen MR) is 56.9 cm³/mol. The number of benzene rings is 1. The van der Waals surface area contributed by atoms with E-state index in [-0.39, 0.29) is 0 Å². The van der Waals surface area contributed by atoms with E-state index in [2.05, 4.69) is 6.92 Å². The molecule has 0 bridgehead atoms. The first-order chi connectivity index (χ1) is 6.83. The molecule has 0 spiro atoms. The summed E-state index contributed by atoms with van der Waals surface area (Å²) in [4.78, 5) is 0. The summed E-state index contributed by atoms with van der Waals surface area (Å²) in [5.74, 6) is 0.591. The second-order valence-electron chi connectivity index (χ2n) is 2.87. The first-order valence-corrected chi connectivity index (χ1v) is 5.95. The van der Waals surface area contributed by atoms with Crippen molar-refractivity contribution in [2.75, 3.05) is 6.61 Å². The summed E-state index contributed by atoms with van der Waals surface area (Å²) in [6, 6.07) is 9.05. The highest BCUT2D eigenvalue weighted by Gasteiger charge is 2.00. The van der Waals surface area contributed by atoms with Crippen LogP contribution in [-0.4, -0.2) is 6.61 Å². The third-order valence-corrected chi connectivity index (χ3v) is 2.50. The smallest absolute Gasteiger partial charge is 0.367 e. The molecule has 4 heteroatoms. The minimum absolute atomic E-state index is 0.501. The van der Waals surface area contributed by atoms with E-state index in [0.29, 0.717) is 12.4 Å². The molecule has 0 saturated heterocycles. The van der Waals surface area contributed by atoms with Crippen LogP contribution in [0, 0.1) is 0 Å². The molecule has 0 fully saturated rings. The van der Waals surface area contributed by atoms with Gasteiger partial charge in [-0.3, -0.25) is 0 Å². The lowest BCUT2D eigenvalue weighted by Crippen LogP contribution is -1.89. The summed E-state index contributed by atoms with van der Waals surface area (Å²) in [5.41, 5.74) is 0. The van der Waals surface area contributed by atoms with Crippen molar-refractivity contribution >= 4 is 8.25 Å². The molecule has 3 nitrogen and oxygen atoms in total. The molecule has 78 valence electrons. The van der Waals surface area contributed by atoms with Crippen LogP contribution in [-0.2, 0) is 9.09 Å². The summed E-state index contributed by atoms with van der Waals surface area (Å²) >= 11 is 0. The molecule has 0 heterocycles. The topological polar surface area (TPSA) is 35.5 Å². The Hall–Kier alpha value is -0.790. The van der Waals surface area contributed by atoms with Crippen molar-refractivity contribution in [3.05, 3.63) is 30.3 Å². The fourth-order valence-corrected chi connectivity index (χ4v) is 1.61. The van der Waals surface area contributed by atoms with Gasteiger partial charge >= 0.3 is 8.25 Å². The number of rotatable bonds is 6. The molecule has 0 radical (unpaired) electrons. The fourth-order valence-electron chi connectivity index (χ4n) is 0.914. The van der Waals surface area contributed by atoms with Crippen molar-refractivity contribution in [3.63, 3.8) is 0 Å². The fraction of sp³-hybridized carbons (Fsp3) is 0.400. The predicted octanol–water partition coefficient (Wildman–Crippen LogP) is 3.27. The Morgan fingerprint density at radius 2 is 2.00 bits per heavy atom. The minimum Gasteiger partial charge on any atom is -0.426 e. The number of unbranched alkanes of at least 4 members (excludes halogenated alkanes) is 1. The molecule has 1 rings (SSSR count). The van der Waals surface area contributed by atoms with Crippen LogP contribution in [0.25, 0.3) is 0 Å². The third-order valence-electron chi connectivity index (χ3n) is 1.66. The van der Waals surface area contributed by atoms with Gasteiger partial charge in [-0.25, -0.2) is 4.57 Å². The highest BCUT2D eigenvalue weighted by molar-refractivity contribution is 7.33. The number of para-hydroxylation sites is 1. The molecule has 1 aromatic rings. The number of hydrogen-bond donors (Lipinski definition) is 0. The Morgan fingerprint density at radius 3 is 2.64 bits per heavy atom. The molecule has 0 aliphatic heterocycles. The second kappa shape index (κ2) is 6.63. The van der Waals surface area contributed by atoms with Crippen LogP contribution in [0.3, 0.4) is 0 Å². The lowest BCUT2D eigenvalue weighted by molar-refractivity contribution is 0.281. The lowest BCUT2D eigenvalue weighted by atomic mass is 10.3. The van der Waals surface area contributed by atoms with Crippen molar-refractivity contribution in [1.29, 1.82) is 0 Å². The van der Waals surface area contributed by atoms with Gasteiger partial charge in [-0.05, 0) is 18.6 Å². The first-order valence-electron chi connectivity index (χ1n) is 4.72. The lowest BCUT2D eigenvalue weighted by Gasteiger charge is -2.05. The van der Waals surface area contributed by atoms with E-state index in [4.69, 9.17) is 9.05 Å². The maximum atomic E-state index is 11.2. The molecule has 1 atom stereocenters. The Balaban J connectivity index is 2.27. The standard InChI is InChI=1S/C10H15O3P/c1-2-3-9-12-14(11)13-10-7-5-4-6-8-10/h4-8,14H,2-3,9H2,1H3. The zero-order chi connectivity index (χ0) is 10.2. The van der Waals surface area contributed by atoms with Crippen LogP contribution in [0.5, 0.6) is 5.75 Å². The van der Waals surface area contributed by atoms with Crippen molar-refractivity contribution in [3.8, 4) is 5.75 Å². The Morgan fingerprint density at radius 1 is 1.29 bits per heavy atom. The van der Waals surface area contributed by atoms with E-state index in [0.717, 1.165) is 12.8 Å².